The van der Waals surface area contributed by atoms with Crippen LogP contribution in [0.1, 0.15) is 40.9 Å². The van der Waals surface area contributed by atoms with E-state index in [-0.39, 0.29) is 5.91 Å². The third-order valence-electron chi connectivity index (χ3n) is 4.23. The maximum Gasteiger partial charge on any atom is 0.258 e. The SMILES string of the molecule is Cc1noc(NC(=O)c2ccc(N3CCCCC3)cc2)c1C. The molecular formula is C17H21N3O2. The van der Waals surface area contributed by atoms with Crippen LogP contribution < -0.4 is 10.2 Å². The Balaban J connectivity index is 1.69. The van der Waals surface area contributed by atoms with Crippen molar-refractivity contribution < 1.29 is 9.32 Å². The highest BCUT2D eigenvalue weighted by atomic mass is 16.5. The van der Waals surface area contributed by atoms with Crippen molar-refractivity contribution in [2.24, 2.45) is 0 Å². The van der Waals surface area contributed by atoms with E-state index in [4.69, 9.17) is 4.52 Å². The van der Waals surface area contributed by atoms with Gasteiger partial charge in [-0.05, 0) is 57.4 Å². The van der Waals surface area contributed by atoms with Gasteiger partial charge in [-0.1, -0.05) is 5.16 Å². The van der Waals surface area contributed by atoms with Crippen molar-refractivity contribution in [2.75, 3.05) is 23.3 Å². The smallest absolute Gasteiger partial charge is 0.258 e. The van der Waals surface area contributed by atoms with Crippen LogP contribution in [0.5, 0.6) is 0 Å². The summed E-state index contributed by atoms with van der Waals surface area (Å²) in [7, 11) is 0. The Morgan fingerprint density at radius 2 is 1.82 bits per heavy atom. The van der Waals surface area contributed by atoms with E-state index in [1.54, 1.807) is 0 Å². The van der Waals surface area contributed by atoms with Crippen molar-refractivity contribution in [3.63, 3.8) is 0 Å². The van der Waals surface area contributed by atoms with E-state index in [0.29, 0.717) is 11.4 Å². The zero-order valence-corrected chi connectivity index (χ0v) is 13.1. The van der Waals surface area contributed by atoms with Gasteiger partial charge in [-0.15, -0.1) is 0 Å². The summed E-state index contributed by atoms with van der Waals surface area (Å²) >= 11 is 0. The molecule has 0 unspecified atom stereocenters. The van der Waals surface area contributed by atoms with Gasteiger partial charge < -0.3 is 9.42 Å². The van der Waals surface area contributed by atoms with Crippen molar-refractivity contribution >= 4 is 17.5 Å². The maximum absolute atomic E-state index is 12.3. The number of aryl methyl sites for hydroxylation is 1. The molecule has 2 heterocycles. The molecule has 1 amide bonds. The van der Waals surface area contributed by atoms with Gasteiger partial charge in [0.05, 0.1) is 5.69 Å². The van der Waals surface area contributed by atoms with Gasteiger partial charge in [0.25, 0.3) is 5.91 Å². The molecule has 2 aromatic rings. The summed E-state index contributed by atoms with van der Waals surface area (Å²) < 4.78 is 5.12. The molecule has 116 valence electrons. The number of hydrogen-bond donors (Lipinski definition) is 1. The molecule has 1 saturated heterocycles. The minimum Gasteiger partial charge on any atom is -0.372 e. The average molecular weight is 299 g/mol. The molecule has 1 fully saturated rings. The van der Waals surface area contributed by atoms with Crippen molar-refractivity contribution in [3.8, 4) is 0 Å². The molecule has 5 heteroatoms. The van der Waals surface area contributed by atoms with Crippen LogP contribution in [0.25, 0.3) is 0 Å². The predicted molar refractivity (Wildman–Crippen MR) is 86.4 cm³/mol. The third kappa shape index (κ3) is 2.98. The summed E-state index contributed by atoms with van der Waals surface area (Å²) in [5, 5.41) is 6.61. The van der Waals surface area contributed by atoms with Gasteiger partial charge in [-0.25, -0.2) is 0 Å². The molecule has 1 aliphatic heterocycles. The standard InChI is InChI=1S/C17H21N3O2/c1-12-13(2)19-22-17(12)18-16(21)14-6-8-15(9-7-14)20-10-4-3-5-11-20/h6-9H,3-5,10-11H2,1-2H3,(H,18,21). The van der Waals surface area contributed by atoms with E-state index in [0.717, 1.165) is 24.3 Å². The molecule has 1 aliphatic rings. The molecule has 3 rings (SSSR count). The van der Waals surface area contributed by atoms with Gasteiger partial charge in [0.15, 0.2) is 0 Å². The van der Waals surface area contributed by atoms with Crippen LogP contribution in [-0.4, -0.2) is 24.2 Å². The summed E-state index contributed by atoms with van der Waals surface area (Å²) in [6, 6.07) is 7.74. The number of anilines is 2. The Morgan fingerprint density at radius 3 is 2.41 bits per heavy atom. The lowest BCUT2D eigenvalue weighted by Crippen LogP contribution is -2.29. The molecule has 5 nitrogen and oxygen atoms in total. The lowest BCUT2D eigenvalue weighted by Gasteiger charge is -2.28. The first-order valence-electron chi connectivity index (χ1n) is 7.74. The van der Waals surface area contributed by atoms with Crippen LogP contribution in [0.15, 0.2) is 28.8 Å². The zero-order valence-electron chi connectivity index (χ0n) is 13.1. The van der Waals surface area contributed by atoms with E-state index in [2.05, 4.69) is 15.4 Å². The van der Waals surface area contributed by atoms with Crippen LogP contribution in [0.3, 0.4) is 0 Å². The van der Waals surface area contributed by atoms with Gasteiger partial charge >= 0.3 is 0 Å². The van der Waals surface area contributed by atoms with Crippen LogP contribution in [-0.2, 0) is 0 Å². The molecule has 1 aromatic heterocycles. The first kappa shape index (κ1) is 14.6. The molecule has 0 saturated carbocycles. The van der Waals surface area contributed by atoms with Crippen molar-refractivity contribution in [3.05, 3.63) is 41.1 Å². The van der Waals surface area contributed by atoms with Gasteiger partial charge in [0, 0.05) is 29.9 Å². The van der Waals surface area contributed by atoms with Gasteiger partial charge in [-0.2, -0.15) is 0 Å². The van der Waals surface area contributed by atoms with Crippen LogP contribution >= 0.6 is 0 Å². The van der Waals surface area contributed by atoms with E-state index in [1.807, 2.05) is 38.1 Å². The number of carbonyl (C=O) groups excluding carboxylic acids is 1. The molecule has 0 spiro atoms. The van der Waals surface area contributed by atoms with Crippen LogP contribution in [0, 0.1) is 13.8 Å². The highest BCUT2D eigenvalue weighted by Crippen LogP contribution is 2.22. The number of piperidine rings is 1. The number of amides is 1. The third-order valence-corrected chi connectivity index (χ3v) is 4.23. The first-order chi connectivity index (χ1) is 10.6. The van der Waals surface area contributed by atoms with Gasteiger partial charge in [0.2, 0.25) is 5.88 Å². The summed E-state index contributed by atoms with van der Waals surface area (Å²) in [5.41, 5.74) is 3.45. The normalized spacial score (nSPS) is 14.9. The summed E-state index contributed by atoms with van der Waals surface area (Å²) in [4.78, 5) is 14.6. The number of hydrogen-bond acceptors (Lipinski definition) is 4. The monoisotopic (exact) mass is 299 g/mol. The Morgan fingerprint density at radius 1 is 1.14 bits per heavy atom. The Kier molecular flexibility index (Phi) is 4.13. The van der Waals surface area contributed by atoms with Gasteiger partial charge in [-0.3, -0.25) is 10.1 Å². The lowest BCUT2D eigenvalue weighted by molar-refractivity contribution is 0.102. The fourth-order valence-corrected chi connectivity index (χ4v) is 2.68. The van der Waals surface area contributed by atoms with Crippen molar-refractivity contribution in [1.29, 1.82) is 0 Å². The minimum absolute atomic E-state index is 0.176. The second-order valence-electron chi connectivity index (χ2n) is 5.77. The Labute approximate surface area is 130 Å². The molecule has 0 atom stereocenters. The summed E-state index contributed by atoms with van der Waals surface area (Å²) in [6.45, 7) is 5.92. The molecular weight excluding hydrogens is 278 g/mol. The first-order valence-corrected chi connectivity index (χ1v) is 7.74. The number of aromatic nitrogens is 1. The molecule has 1 N–H and O–H groups in total. The second-order valence-corrected chi connectivity index (χ2v) is 5.77. The van der Waals surface area contributed by atoms with Crippen LogP contribution in [0.2, 0.25) is 0 Å². The van der Waals surface area contributed by atoms with Gasteiger partial charge in [0.1, 0.15) is 0 Å². The second kappa shape index (κ2) is 6.22. The van der Waals surface area contributed by atoms with E-state index >= 15 is 0 Å². The van der Waals surface area contributed by atoms with E-state index < -0.39 is 0 Å². The Hall–Kier alpha value is -2.30. The molecule has 0 aliphatic carbocycles. The fraction of sp³-hybridized carbons (Fsp3) is 0.412. The topological polar surface area (TPSA) is 58.4 Å². The summed E-state index contributed by atoms with van der Waals surface area (Å²) in [6.07, 6.45) is 3.80. The number of benzene rings is 1. The van der Waals surface area contributed by atoms with Crippen molar-refractivity contribution in [1.82, 2.24) is 5.16 Å². The van der Waals surface area contributed by atoms with Crippen molar-refractivity contribution in [2.45, 2.75) is 33.1 Å². The molecule has 0 bridgehead atoms. The highest BCUT2D eigenvalue weighted by Gasteiger charge is 2.15. The number of rotatable bonds is 3. The quantitative estimate of drug-likeness (QED) is 0.942. The number of nitrogens with zero attached hydrogens (tertiary/aromatic N) is 2. The molecule has 0 radical (unpaired) electrons. The average Bonchev–Trinajstić information content (AvgIpc) is 2.88. The lowest BCUT2D eigenvalue weighted by atomic mass is 10.1. The number of nitrogens with one attached hydrogen (secondary N) is 1. The highest BCUT2D eigenvalue weighted by molar-refractivity contribution is 6.04. The molecule has 22 heavy (non-hydrogen) atoms. The maximum atomic E-state index is 12.3. The Bertz CT molecular complexity index is 655. The van der Waals surface area contributed by atoms with Crippen LogP contribution in [0.4, 0.5) is 11.6 Å². The fourth-order valence-electron chi connectivity index (χ4n) is 2.68. The van der Waals surface area contributed by atoms with E-state index in [9.17, 15) is 4.79 Å². The number of carbonyl (C=O) groups is 1. The predicted octanol–water partition coefficient (Wildman–Crippen LogP) is 3.53. The van der Waals surface area contributed by atoms with E-state index in [1.165, 1.54) is 24.9 Å². The summed E-state index contributed by atoms with van der Waals surface area (Å²) in [5.74, 6) is 0.243. The zero-order chi connectivity index (χ0) is 15.5. The minimum atomic E-state index is -0.176. The largest absolute Gasteiger partial charge is 0.372 e. The molecule has 1 aromatic carbocycles.